The predicted octanol–water partition coefficient (Wildman–Crippen LogP) is 4.33. The zero-order chi connectivity index (χ0) is 16.7. The fraction of sp³-hybridized carbons (Fsp3) is 0.158. The summed E-state index contributed by atoms with van der Waals surface area (Å²) >= 11 is 0. The molecule has 0 N–H and O–H groups in total. The second-order valence-electron chi connectivity index (χ2n) is 4.55. The van der Waals surface area contributed by atoms with Gasteiger partial charge in [0.15, 0.2) is 11.6 Å². The molecule has 0 unspecified atom stereocenters. The monoisotopic (exact) mass is 314 g/mol. The molecule has 0 amide bonds. The van der Waals surface area contributed by atoms with Crippen LogP contribution in [-0.4, -0.2) is 13.2 Å². The van der Waals surface area contributed by atoms with Crippen molar-refractivity contribution in [2.24, 2.45) is 0 Å². The van der Waals surface area contributed by atoms with E-state index in [1.54, 1.807) is 37.3 Å². The Morgan fingerprint density at radius 2 is 1.74 bits per heavy atom. The van der Waals surface area contributed by atoms with Gasteiger partial charge in [0, 0.05) is 5.56 Å². The molecule has 4 heteroatoms. The van der Waals surface area contributed by atoms with Gasteiger partial charge in [-0.15, -0.1) is 0 Å². The Morgan fingerprint density at radius 3 is 2.39 bits per heavy atom. The smallest absolute Gasteiger partial charge is 0.201 e. The molecule has 118 valence electrons. The third kappa shape index (κ3) is 4.33. The summed E-state index contributed by atoms with van der Waals surface area (Å²) in [5.41, 5.74) is 0.655. The SMILES string of the molecule is C=CCOc1ccc(C#Cc2ccc(OCC)c(F)c2F)cc1. The molecule has 0 aliphatic heterocycles. The summed E-state index contributed by atoms with van der Waals surface area (Å²) in [5, 5.41) is 0. The summed E-state index contributed by atoms with van der Waals surface area (Å²) < 4.78 is 38.0. The van der Waals surface area contributed by atoms with Crippen LogP contribution in [0.25, 0.3) is 0 Å². The highest BCUT2D eigenvalue weighted by molar-refractivity contribution is 5.46. The highest BCUT2D eigenvalue weighted by Crippen LogP contribution is 2.22. The lowest BCUT2D eigenvalue weighted by Gasteiger charge is -2.05. The zero-order valence-electron chi connectivity index (χ0n) is 12.7. The van der Waals surface area contributed by atoms with Gasteiger partial charge in [-0.2, -0.15) is 4.39 Å². The zero-order valence-corrected chi connectivity index (χ0v) is 12.7. The number of ether oxygens (including phenoxy) is 2. The Labute approximate surface area is 134 Å². The van der Waals surface area contributed by atoms with E-state index in [9.17, 15) is 8.78 Å². The predicted molar refractivity (Wildman–Crippen MR) is 85.6 cm³/mol. The summed E-state index contributed by atoms with van der Waals surface area (Å²) in [6, 6.07) is 9.77. The van der Waals surface area contributed by atoms with Crippen LogP contribution in [0.2, 0.25) is 0 Å². The van der Waals surface area contributed by atoms with E-state index in [1.165, 1.54) is 12.1 Å². The van der Waals surface area contributed by atoms with Crippen molar-refractivity contribution in [3.8, 4) is 23.3 Å². The third-order valence-corrected chi connectivity index (χ3v) is 2.91. The van der Waals surface area contributed by atoms with E-state index in [0.29, 0.717) is 17.9 Å². The summed E-state index contributed by atoms with van der Waals surface area (Å²) in [6.07, 6.45) is 1.65. The maximum absolute atomic E-state index is 13.9. The topological polar surface area (TPSA) is 18.5 Å². The number of rotatable bonds is 5. The van der Waals surface area contributed by atoms with Crippen molar-refractivity contribution in [1.29, 1.82) is 0 Å². The van der Waals surface area contributed by atoms with Gasteiger partial charge in [-0.25, -0.2) is 4.39 Å². The standard InChI is InChI=1S/C19H16F2O2/c1-3-13-23-16-10-6-14(7-11-16)5-8-15-9-12-17(22-4-2)19(21)18(15)20/h3,6-7,9-12H,1,4,13H2,2H3. The molecule has 2 aromatic carbocycles. The summed E-state index contributed by atoms with van der Waals surface area (Å²) in [4.78, 5) is 0. The Kier molecular flexibility index (Phi) is 5.76. The highest BCUT2D eigenvalue weighted by atomic mass is 19.2. The van der Waals surface area contributed by atoms with Crippen LogP contribution in [0.3, 0.4) is 0 Å². The number of halogens is 2. The molecular weight excluding hydrogens is 298 g/mol. The molecule has 0 saturated carbocycles. The van der Waals surface area contributed by atoms with Crippen molar-refractivity contribution in [3.63, 3.8) is 0 Å². The average Bonchev–Trinajstić information content (AvgIpc) is 2.57. The first kappa shape index (κ1) is 16.6. The Bertz CT molecular complexity index is 740. The van der Waals surface area contributed by atoms with E-state index in [-0.39, 0.29) is 17.9 Å². The summed E-state index contributed by atoms with van der Waals surface area (Å²) in [5.74, 6) is 3.97. The van der Waals surface area contributed by atoms with E-state index < -0.39 is 11.6 Å². The Hall–Kier alpha value is -2.80. The van der Waals surface area contributed by atoms with Gasteiger partial charge in [-0.05, 0) is 43.3 Å². The fourth-order valence-electron chi connectivity index (χ4n) is 1.82. The van der Waals surface area contributed by atoms with Gasteiger partial charge in [-0.1, -0.05) is 24.5 Å². The van der Waals surface area contributed by atoms with Gasteiger partial charge in [-0.3, -0.25) is 0 Å². The minimum atomic E-state index is -1.02. The minimum Gasteiger partial charge on any atom is -0.491 e. The number of hydrogen-bond acceptors (Lipinski definition) is 2. The first-order valence-corrected chi connectivity index (χ1v) is 7.12. The van der Waals surface area contributed by atoms with Crippen molar-refractivity contribution in [1.82, 2.24) is 0 Å². The fourth-order valence-corrected chi connectivity index (χ4v) is 1.82. The largest absolute Gasteiger partial charge is 0.491 e. The van der Waals surface area contributed by atoms with Crippen LogP contribution < -0.4 is 9.47 Å². The number of benzene rings is 2. The van der Waals surface area contributed by atoms with Crippen LogP contribution in [0, 0.1) is 23.5 Å². The maximum atomic E-state index is 13.9. The lowest BCUT2D eigenvalue weighted by atomic mass is 10.1. The van der Waals surface area contributed by atoms with E-state index in [2.05, 4.69) is 18.4 Å². The second kappa shape index (κ2) is 8.00. The van der Waals surface area contributed by atoms with Crippen LogP contribution in [0.5, 0.6) is 11.5 Å². The van der Waals surface area contributed by atoms with Gasteiger partial charge in [0.2, 0.25) is 5.82 Å². The summed E-state index contributed by atoms with van der Waals surface area (Å²) in [6.45, 7) is 5.95. The molecule has 2 nitrogen and oxygen atoms in total. The first-order valence-electron chi connectivity index (χ1n) is 7.12. The summed E-state index contributed by atoms with van der Waals surface area (Å²) in [7, 11) is 0. The molecule has 0 atom stereocenters. The van der Waals surface area contributed by atoms with Crippen molar-refractivity contribution in [2.45, 2.75) is 6.92 Å². The molecule has 0 fully saturated rings. The van der Waals surface area contributed by atoms with Crippen LogP contribution in [-0.2, 0) is 0 Å². The van der Waals surface area contributed by atoms with Crippen LogP contribution >= 0.6 is 0 Å². The molecule has 0 spiro atoms. The molecule has 23 heavy (non-hydrogen) atoms. The van der Waals surface area contributed by atoms with Crippen molar-refractivity contribution < 1.29 is 18.3 Å². The normalized spacial score (nSPS) is 9.70. The minimum absolute atomic E-state index is 0.0158. The van der Waals surface area contributed by atoms with Crippen LogP contribution in [0.15, 0.2) is 49.1 Å². The Balaban J connectivity index is 2.18. The van der Waals surface area contributed by atoms with Crippen molar-refractivity contribution in [2.75, 3.05) is 13.2 Å². The molecule has 0 radical (unpaired) electrons. The molecule has 0 aromatic heterocycles. The van der Waals surface area contributed by atoms with Gasteiger partial charge in [0.1, 0.15) is 12.4 Å². The molecule has 0 aliphatic carbocycles. The van der Waals surface area contributed by atoms with Crippen molar-refractivity contribution >= 4 is 0 Å². The average molecular weight is 314 g/mol. The first-order chi connectivity index (χ1) is 11.2. The quantitative estimate of drug-likeness (QED) is 0.604. The Morgan fingerprint density at radius 1 is 1.00 bits per heavy atom. The maximum Gasteiger partial charge on any atom is 0.201 e. The molecule has 0 heterocycles. The lowest BCUT2D eigenvalue weighted by Crippen LogP contribution is -1.98. The number of hydrogen-bond donors (Lipinski definition) is 0. The van der Waals surface area contributed by atoms with Gasteiger partial charge >= 0.3 is 0 Å². The van der Waals surface area contributed by atoms with E-state index in [0.717, 1.165) is 0 Å². The van der Waals surface area contributed by atoms with Crippen LogP contribution in [0.1, 0.15) is 18.1 Å². The van der Waals surface area contributed by atoms with E-state index in [1.807, 2.05) is 0 Å². The third-order valence-electron chi connectivity index (χ3n) is 2.91. The molecule has 2 aromatic rings. The van der Waals surface area contributed by atoms with Gasteiger partial charge < -0.3 is 9.47 Å². The highest BCUT2D eigenvalue weighted by Gasteiger charge is 2.12. The molecule has 2 rings (SSSR count). The van der Waals surface area contributed by atoms with E-state index >= 15 is 0 Å². The second-order valence-corrected chi connectivity index (χ2v) is 4.55. The van der Waals surface area contributed by atoms with Gasteiger partial charge in [0.25, 0.3) is 0 Å². The van der Waals surface area contributed by atoms with Crippen LogP contribution in [0.4, 0.5) is 8.78 Å². The van der Waals surface area contributed by atoms with Crippen molar-refractivity contribution in [3.05, 3.63) is 71.8 Å². The lowest BCUT2D eigenvalue weighted by molar-refractivity contribution is 0.314. The molecular formula is C19H16F2O2. The van der Waals surface area contributed by atoms with E-state index in [4.69, 9.17) is 9.47 Å². The molecule has 0 aliphatic rings. The van der Waals surface area contributed by atoms with Gasteiger partial charge in [0.05, 0.1) is 12.2 Å². The molecule has 0 saturated heterocycles. The molecule has 0 bridgehead atoms.